The van der Waals surface area contributed by atoms with Crippen LogP contribution in [-0.2, 0) is 0 Å². The molecule has 0 spiro atoms. The topological polar surface area (TPSA) is 75.1 Å². The number of aromatic carboxylic acids is 1. The van der Waals surface area contributed by atoms with Crippen molar-refractivity contribution in [2.75, 3.05) is 7.11 Å². The zero-order chi connectivity index (χ0) is 9.14. The van der Waals surface area contributed by atoms with Crippen molar-refractivity contribution in [2.24, 2.45) is 0 Å². The van der Waals surface area contributed by atoms with Gasteiger partial charge in [-0.25, -0.2) is 4.98 Å². The number of carbonyl (C=O) groups is 1. The molecule has 1 rings (SSSR count). The second-order valence-electron chi connectivity index (χ2n) is 1.84. The summed E-state index contributed by atoms with van der Waals surface area (Å²) in [6, 6.07) is 0. The smallest absolute Gasteiger partial charge is 0.541 e. The van der Waals surface area contributed by atoms with Gasteiger partial charge in [-0.15, -0.1) is 0 Å². The van der Waals surface area contributed by atoms with Gasteiger partial charge in [-0.2, -0.15) is 9.37 Å². The largest absolute Gasteiger partial charge is 1.00 e. The number of hydrogen-bond acceptors (Lipinski definition) is 5. The molecule has 0 aliphatic heterocycles. The van der Waals surface area contributed by atoms with Crippen molar-refractivity contribution in [3.05, 3.63) is 17.8 Å². The van der Waals surface area contributed by atoms with Crippen molar-refractivity contribution < 1.29 is 48.6 Å². The molecule has 0 radical (unpaired) electrons. The molecule has 0 N–H and O–H groups in total. The monoisotopic (exact) mass is 194 g/mol. The first kappa shape index (κ1) is 12.3. The van der Waals surface area contributed by atoms with Gasteiger partial charge in [0.25, 0.3) is 5.88 Å². The van der Waals surface area contributed by atoms with E-state index in [9.17, 15) is 14.3 Å². The van der Waals surface area contributed by atoms with Crippen molar-refractivity contribution in [3.8, 4) is 5.88 Å². The Bertz CT molecular complexity index is 321. The van der Waals surface area contributed by atoms with E-state index in [1.54, 1.807) is 0 Å². The minimum Gasteiger partial charge on any atom is -0.541 e. The average Bonchev–Trinajstić information content (AvgIpc) is 2.05. The number of carboxylic acids is 1. The molecule has 1 heterocycles. The summed E-state index contributed by atoms with van der Waals surface area (Å²) in [5, 5.41) is 10.2. The molecule has 1 aromatic heterocycles. The number of rotatable bonds is 2. The van der Waals surface area contributed by atoms with E-state index in [2.05, 4.69) is 14.7 Å². The van der Waals surface area contributed by atoms with E-state index >= 15 is 0 Å². The molecule has 0 atom stereocenters. The maximum Gasteiger partial charge on any atom is 1.00 e. The van der Waals surface area contributed by atoms with Crippen LogP contribution < -0.4 is 39.4 Å². The summed E-state index contributed by atoms with van der Waals surface area (Å²) in [4.78, 5) is 16.5. The predicted octanol–water partition coefficient (Wildman–Crippen LogP) is -4.01. The fourth-order valence-electron chi connectivity index (χ4n) is 0.593. The maximum absolute atomic E-state index is 12.6. The van der Waals surface area contributed by atoms with Gasteiger partial charge in [0.1, 0.15) is 5.97 Å². The molecule has 0 aliphatic rings. The number of methoxy groups -OCH3 is 1. The number of carboxylic acid groups (broad SMARTS) is 1. The van der Waals surface area contributed by atoms with Gasteiger partial charge in [0, 0.05) is 0 Å². The average molecular weight is 194 g/mol. The molecule has 0 aromatic carbocycles. The van der Waals surface area contributed by atoms with E-state index in [1.807, 2.05) is 0 Å². The second kappa shape index (κ2) is 5.11. The summed E-state index contributed by atoms with van der Waals surface area (Å²) in [7, 11) is 1.17. The standard InChI is InChI=1S/C6H5FN2O3.Na/c1-12-5-3(7)2-8-4(9-5)6(10)11;/h2H,1H3,(H,10,11);/q;+1/p-1. The normalized spacial score (nSPS) is 8.77. The third kappa shape index (κ3) is 2.91. The summed E-state index contributed by atoms with van der Waals surface area (Å²) in [5.41, 5.74) is 0. The Hall–Kier alpha value is -0.720. The molecule has 7 heteroatoms. The van der Waals surface area contributed by atoms with E-state index in [0.29, 0.717) is 6.20 Å². The fourth-order valence-corrected chi connectivity index (χ4v) is 0.593. The summed E-state index contributed by atoms with van der Waals surface area (Å²) in [6.45, 7) is 0. The molecule has 0 amide bonds. The molecule has 13 heavy (non-hydrogen) atoms. The van der Waals surface area contributed by atoms with E-state index < -0.39 is 23.5 Å². The summed E-state index contributed by atoms with van der Waals surface area (Å²) in [5.74, 6) is -3.41. The van der Waals surface area contributed by atoms with Crippen molar-refractivity contribution in [1.82, 2.24) is 9.97 Å². The molecule has 0 saturated carbocycles. The number of halogens is 1. The molecule has 0 bridgehead atoms. The Labute approximate surface area is 95.2 Å². The van der Waals surface area contributed by atoms with Crippen LogP contribution in [0.2, 0.25) is 0 Å². The van der Waals surface area contributed by atoms with Crippen LogP contribution in [0.5, 0.6) is 5.88 Å². The van der Waals surface area contributed by atoms with Crippen molar-refractivity contribution in [1.29, 1.82) is 0 Å². The van der Waals surface area contributed by atoms with Crippen LogP contribution in [0.1, 0.15) is 10.6 Å². The van der Waals surface area contributed by atoms with E-state index in [4.69, 9.17) is 0 Å². The van der Waals surface area contributed by atoms with Crippen LogP contribution in [0, 0.1) is 5.82 Å². The molecule has 0 fully saturated rings. The van der Waals surface area contributed by atoms with Crippen LogP contribution in [0.15, 0.2) is 6.20 Å². The number of nitrogens with zero attached hydrogens (tertiary/aromatic N) is 2. The first-order valence-corrected chi connectivity index (χ1v) is 2.93. The zero-order valence-corrected chi connectivity index (χ0v) is 9.07. The molecule has 0 unspecified atom stereocenters. The fraction of sp³-hybridized carbons (Fsp3) is 0.167. The molecule has 64 valence electrons. The van der Waals surface area contributed by atoms with Crippen molar-refractivity contribution in [2.45, 2.75) is 0 Å². The molecule has 5 nitrogen and oxygen atoms in total. The number of ether oxygens (including phenoxy) is 1. The van der Waals surface area contributed by atoms with Crippen LogP contribution in [0.3, 0.4) is 0 Å². The van der Waals surface area contributed by atoms with Gasteiger partial charge >= 0.3 is 29.6 Å². The Balaban J connectivity index is 0.00000144. The first-order chi connectivity index (χ1) is 5.65. The summed E-state index contributed by atoms with van der Waals surface area (Å²) in [6.07, 6.45) is 0.705. The third-order valence-electron chi connectivity index (χ3n) is 1.09. The molecule has 0 saturated heterocycles. The molecule has 0 aliphatic carbocycles. The van der Waals surface area contributed by atoms with Gasteiger partial charge in [0.15, 0.2) is 5.82 Å². The quantitative estimate of drug-likeness (QED) is 0.448. The van der Waals surface area contributed by atoms with Gasteiger partial charge in [0.2, 0.25) is 5.82 Å². The van der Waals surface area contributed by atoms with Crippen molar-refractivity contribution >= 4 is 5.97 Å². The van der Waals surface area contributed by atoms with Crippen molar-refractivity contribution in [3.63, 3.8) is 0 Å². The van der Waals surface area contributed by atoms with E-state index in [0.717, 1.165) is 0 Å². The van der Waals surface area contributed by atoms with Gasteiger partial charge in [-0.05, 0) is 0 Å². The summed E-state index contributed by atoms with van der Waals surface area (Å²) < 4.78 is 17.0. The number of carbonyl (C=O) groups excluding carboxylic acids is 1. The number of hydrogen-bond donors (Lipinski definition) is 0. The van der Waals surface area contributed by atoms with Gasteiger partial charge < -0.3 is 14.6 Å². The van der Waals surface area contributed by atoms with Gasteiger partial charge in [0.05, 0.1) is 13.3 Å². The SMILES string of the molecule is COc1nc(C(=O)[O-])ncc1F.[Na+]. The summed E-state index contributed by atoms with van der Waals surface area (Å²) >= 11 is 0. The Morgan fingerprint density at radius 1 is 1.69 bits per heavy atom. The van der Waals surface area contributed by atoms with Gasteiger partial charge in [-0.3, -0.25) is 0 Å². The van der Waals surface area contributed by atoms with E-state index in [-0.39, 0.29) is 29.6 Å². The minimum absolute atomic E-state index is 0. The second-order valence-corrected chi connectivity index (χ2v) is 1.84. The maximum atomic E-state index is 12.6. The van der Waals surface area contributed by atoms with E-state index in [1.165, 1.54) is 7.11 Å². The van der Waals surface area contributed by atoms with Crippen LogP contribution in [-0.4, -0.2) is 23.0 Å². The number of aromatic nitrogens is 2. The van der Waals surface area contributed by atoms with Gasteiger partial charge in [-0.1, -0.05) is 0 Å². The van der Waals surface area contributed by atoms with Crippen LogP contribution in [0.4, 0.5) is 4.39 Å². The van der Waals surface area contributed by atoms with Crippen LogP contribution in [0.25, 0.3) is 0 Å². The molecular weight excluding hydrogens is 190 g/mol. The first-order valence-electron chi connectivity index (χ1n) is 2.93. The van der Waals surface area contributed by atoms with Crippen LogP contribution >= 0.6 is 0 Å². The Morgan fingerprint density at radius 2 is 2.31 bits per heavy atom. The Kier molecular flexibility index (Phi) is 4.82. The predicted molar refractivity (Wildman–Crippen MR) is 32.9 cm³/mol. The Morgan fingerprint density at radius 3 is 2.77 bits per heavy atom. The molecular formula is C6H4FN2NaO3. The zero-order valence-electron chi connectivity index (χ0n) is 7.07. The molecule has 1 aromatic rings. The minimum atomic E-state index is -1.58. The third-order valence-corrected chi connectivity index (χ3v) is 1.09.